The van der Waals surface area contributed by atoms with Crippen molar-refractivity contribution in [2.75, 3.05) is 25.6 Å². The molecule has 0 aromatic heterocycles. The zero-order valence-electron chi connectivity index (χ0n) is 17.0. The van der Waals surface area contributed by atoms with Gasteiger partial charge in [0.2, 0.25) is 5.91 Å². The van der Waals surface area contributed by atoms with Gasteiger partial charge in [-0.15, -0.1) is 0 Å². The summed E-state index contributed by atoms with van der Waals surface area (Å²) >= 11 is 0. The van der Waals surface area contributed by atoms with Crippen LogP contribution in [0.1, 0.15) is 40.1 Å². The molecule has 0 radical (unpaired) electrons. The Kier molecular flexibility index (Phi) is 8.29. The lowest BCUT2D eigenvalue weighted by Crippen LogP contribution is -2.32. The quantitative estimate of drug-likeness (QED) is 0.254. The summed E-state index contributed by atoms with van der Waals surface area (Å²) in [6.07, 6.45) is -0.128. The van der Waals surface area contributed by atoms with Crippen LogP contribution in [0.15, 0.2) is 24.3 Å². The highest BCUT2D eigenvalue weighted by Gasteiger charge is 2.30. The Morgan fingerprint density at radius 2 is 1.42 bits per heavy atom. The third-order valence-electron chi connectivity index (χ3n) is 4.13. The van der Waals surface area contributed by atoms with Crippen molar-refractivity contribution in [2.24, 2.45) is 0 Å². The monoisotopic (exact) mass is 433 g/mol. The lowest BCUT2D eigenvalue weighted by atomic mass is 10.1. The maximum absolute atomic E-state index is 12.5. The molecule has 31 heavy (non-hydrogen) atoms. The Bertz CT molecular complexity index is 904. The molecule has 0 aromatic rings. The molecule has 166 valence electrons. The lowest BCUT2D eigenvalue weighted by molar-refractivity contribution is -0.143. The Balaban J connectivity index is 2.37. The summed E-state index contributed by atoms with van der Waals surface area (Å²) in [5.74, 6) is -2.75. The molecule has 2 rings (SSSR count). The van der Waals surface area contributed by atoms with Crippen molar-refractivity contribution in [3.8, 4) is 11.1 Å². The average Bonchev–Trinajstić information content (AvgIpc) is 2.86. The third-order valence-corrected chi connectivity index (χ3v) is 4.13. The second kappa shape index (κ2) is 10.9. The van der Waals surface area contributed by atoms with Crippen molar-refractivity contribution in [1.29, 1.82) is 0 Å². The van der Waals surface area contributed by atoms with Gasteiger partial charge in [-0.2, -0.15) is 0 Å². The fourth-order valence-corrected chi connectivity index (χ4v) is 2.87. The molecule has 0 unspecified atom stereocenters. The summed E-state index contributed by atoms with van der Waals surface area (Å²) in [4.78, 5) is 52.4. The van der Waals surface area contributed by atoms with Gasteiger partial charge in [0.25, 0.3) is 5.91 Å². The van der Waals surface area contributed by atoms with E-state index in [1.54, 1.807) is 38.1 Å². The first kappa shape index (κ1) is 23.6. The fourth-order valence-electron chi connectivity index (χ4n) is 2.87. The first-order valence-corrected chi connectivity index (χ1v) is 9.35. The number of esters is 2. The molecule has 0 fully saturated rings. The Morgan fingerprint density at radius 3 is 1.87 bits per heavy atom. The minimum atomic E-state index is -0.833. The molecule has 11 nitrogen and oxygen atoms in total. The molecule has 0 atom stereocenters. The van der Waals surface area contributed by atoms with Gasteiger partial charge in [-0.1, -0.05) is 24.3 Å². The van der Waals surface area contributed by atoms with Gasteiger partial charge in [0.1, 0.15) is 0 Å². The van der Waals surface area contributed by atoms with Crippen molar-refractivity contribution in [1.82, 2.24) is 11.0 Å². The smallest absolute Gasteiger partial charge is 0.340 e. The second-order valence-corrected chi connectivity index (χ2v) is 6.20. The summed E-state index contributed by atoms with van der Waals surface area (Å²) in [5.41, 5.74) is 10.9. The summed E-state index contributed by atoms with van der Waals surface area (Å²) in [7, 11) is 0. The van der Waals surface area contributed by atoms with Crippen LogP contribution in [0.3, 0.4) is 0 Å². The molecule has 0 bridgehead atoms. The molecule has 0 saturated carbocycles. The first-order valence-electron chi connectivity index (χ1n) is 9.35. The standard InChI is InChI=1S/C20H23N3O8/c1-3-29-19(26)16-12-7-5-11(9-14(24)23-31-10-15(25)22-28)6-8-13(12)17(18(16)21)20(27)30-4-2/h5-8,28H,3-4,9-10,21H2,1-2H3,(H,22,25)(H,23,24). The minimum absolute atomic E-state index is 0.0343. The van der Waals surface area contributed by atoms with E-state index >= 15 is 0 Å². The van der Waals surface area contributed by atoms with Crippen LogP contribution in [0.5, 0.6) is 0 Å². The normalized spacial score (nSPS) is 10.4. The van der Waals surface area contributed by atoms with E-state index in [9.17, 15) is 19.2 Å². The number of rotatable bonds is 9. The van der Waals surface area contributed by atoms with Crippen LogP contribution in [-0.4, -0.2) is 48.8 Å². The van der Waals surface area contributed by atoms with E-state index in [0.717, 1.165) is 0 Å². The van der Waals surface area contributed by atoms with Gasteiger partial charge < -0.3 is 15.2 Å². The fraction of sp³-hybridized carbons (Fsp3) is 0.300. The molecule has 2 aliphatic carbocycles. The highest BCUT2D eigenvalue weighted by atomic mass is 16.7. The molecule has 0 heterocycles. The van der Waals surface area contributed by atoms with Gasteiger partial charge in [-0.3, -0.25) is 19.6 Å². The van der Waals surface area contributed by atoms with Gasteiger partial charge in [0.05, 0.1) is 36.4 Å². The predicted molar refractivity (Wildman–Crippen MR) is 107 cm³/mol. The van der Waals surface area contributed by atoms with Gasteiger partial charge >= 0.3 is 11.9 Å². The Hall–Kier alpha value is -3.70. The summed E-state index contributed by atoms with van der Waals surface area (Å²) < 4.78 is 10.1. The van der Waals surface area contributed by atoms with E-state index in [-0.39, 0.29) is 36.4 Å². The van der Waals surface area contributed by atoms with E-state index in [1.165, 1.54) is 5.48 Å². The Labute approximate surface area is 177 Å². The van der Waals surface area contributed by atoms with E-state index in [1.807, 2.05) is 0 Å². The average molecular weight is 433 g/mol. The van der Waals surface area contributed by atoms with Gasteiger partial charge in [-0.25, -0.2) is 20.5 Å². The molecule has 0 saturated heterocycles. The summed E-state index contributed by atoms with van der Waals surface area (Å²) in [6, 6.07) is 6.28. The number of anilines is 1. The number of hydrogen-bond acceptors (Lipinski definition) is 9. The van der Waals surface area contributed by atoms with Crippen molar-refractivity contribution in [2.45, 2.75) is 20.3 Å². The van der Waals surface area contributed by atoms with Gasteiger partial charge in [0, 0.05) is 0 Å². The minimum Gasteiger partial charge on any atom is -0.462 e. The molecular formula is C20H23N3O8. The number of fused-ring (bicyclic) bond motifs is 1. The first-order chi connectivity index (χ1) is 14.8. The number of nitrogens with one attached hydrogen (secondary N) is 2. The zero-order chi connectivity index (χ0) is 23.0. The van der Waals surface area contributed by atoms with E-state index in [2.05, 4.69) is 10.3 Å². The van der Waals surface area contributed by atoms with Crippen LogP contribution in [0, 0.1) is 0 Å². The molecule has 11 heteroatoms. The molecule has 0 spiro atoms. The largest absolute Gasteiger partial charge is 0.462 e. The number of amides is 2. The number of carbonyl (C=O) groups is 4. The van der Waals surface area contributed by atoms with Crippen LogP contribution < -0.4 is 16.7 Å². The summed E-state index contributed by atoms with van der Waals surface area (Å²) in [6.45, 7) is 2.98. The van der Waals surface area contributed by atoms with Crippen molar-refractivity contribution < 1.29 is 38.7 Å². The van der Waals surface area contributed by atoms with Crippen LogP contribution in [-0.2, 0) is 30.3 Å². The Morgan fingerprint density at radius 1 is 0.903 bits per heavy atom. The van der Waals surface area contributed by atoms with Gasteiger partial charge in [0.15, 0.2) is 6.61 Å². The third kappa shape index (κ3) is 5.68. The SMILES string of the molecule is CCOC(=O)c1c2ccc(CC(=O)NOCC(=O)NO)ccc-2c(C(=O)OCC)c1N. The summed E-state index contributed by atoms with van der Waals surface area (Å²) in [5, 5.41) is 8.38. The van der Waals surface area contributed by atoms with Crippen LogP contribution in [0.25, 0.3) is 11.1 Å². The highest BCUT2D eigenvalue weighted by molar-refractivity contribution is 6.15. The topological polar surface area (TPSA) is 166 Å². The van der Waals surface area contributed by atoms with E-state index in [4.69, 9.17) is 20.4 Å². The van der Waals surface area contributed by atoms with Gasteiger partial charge in [-0.05, 0) is 30.5 Å². The number of ether oxygens (including phenoxy) is 2. The molecule has 5 N–H and O–H groups in total. The molecule has 2 aliphatic rings. The van der Waals surface area contributed by atoms with Crippen molar-refractivity contribution >= 4 is 29.4 Å². The van der Waals surface area contributed by atoms with Crippen molar-refractivity contribution in [3.05, 3.63) is 41.0 Å². The highest BCUT2D eigenvalue weighted by Crippen LogP contribution is 2.39. The molecule has 0 aromatic carbocycles. The molecular weight excluding hydrogens is 410 g/mol. The van der Waals surface area contributed by atoms with Crippen LogP contribution in [0.2, 0.25) is 0 Å². The number of hydroxylamine groups is 2. The molecule has 0 aliphatic heterocycles. The maximum atomic E-state index is 12.5. The maximum Gasteiger partial charge on any atom is 0.340 e. The molecule has 2 amide bonds. The predicted octanol–water partition coefficient (Wildman–Crippen LogP) is 0.823. The zero-order valence-corrected chi connectivity index (χ0v) is 17.0. The second-order valence-electron chi connectivity index (χ2n) is 6.20. The lowest BCUT2D eigenvalue weighted by Gasteiger charge is -2.04. The number of hydrogen-bond donors (Lipinski definition) is 4. The number of nitrogen functional groups attached to an aromatic ring is 1. The number of nitrogens with two attached hydrogens (primary N) is 1. The van der Waals surface area contributed by atoms with E-state index < -0.39 is 30.4 Å². The number of carbonyl (C=O) groups excluding carboxylic acids is 4. The van der Waals surface area contributed by atoms with E-state index in [0.29, 0.717) is 16.7 Å². The van der Waals surface area contributed by atoms with Crippen LogP contribution in [0.4, 0.5) is 5.69 Å². The van der Waals surface area contributed by atoms with Crippen molar-refractivity contribution in [3.63, 3.8) is 0 Å². The van der Waals surface area contributed by atoms with Crippen LogP contribution >= 0.6 is 0 Å².